The molecule has 1 aromatic carbocycles. The number of carbonyl (C=O) groups is 1. The highest BCUT2D eigenvalue weighted by Gasteiger charge is 1.97. The summed E-state index contributed by atoms with van der Waals surface area (Å²) in [6.07, 6.45) is 5.77. The Morgan fingerprint density at radius 1 is 0.419 bits per heavy atom. The van der Waals surface area contributed by atoms with E-state index in [0.29, 0.717) is 130 Å². The van der Waals surface area contributed by atoms with Crippen LogP contribution in [0.2, 0.25) is 0 Å². The second-order valence-corrected chi connectivity index (χ2v) is 10.2. The number of aldehydes is 1. The topological polar surface area (TPSA) is 109 Å². The molecule has 0 saturated heterocycles. The maximum Gasteiger partial charge on any atom is 0.150 e. The molecule has 0 aliphatic rings. The number of alkyl halides is 1. The molecule has 43 heavy (non-hydrogen) atoms. The van der Waals surface area contributed by atoms with Gasteiger partial charge in [-0.05, 0) is 41.5 Å². The van der Waals surface area contributed by atoms with Gasteiger partial charge in [0.1, 0.15) is 18.6 Å². The van der Waals surface area contributed by atoms with Crippen LogP contribution in [0.1, 0.15) is 36.0 Å². The fourth-order valence-corrected chi connectivity index (χ4v) is 3.91. The van der Waals surface area contributed by atoms with Crippen molar-refractivity contribution in [2.45, 2.75) is 25.7 Å². The van der Waals surface area contributed by atoms with Crippen molar-refractivity contribution in [1.29, 1.82) is 0 Å². The average Bonchev–Trinajstić information content (AvgIpc) is 3.03. The lowest BCUT2D eigenvalue weighted by atomic mass is 10.2. The molecular weight excluding hydrogens is 675 g/mol. The van der Waals surface area contributed by atoms with E-state index in [-0.39, 0.29) is 0 Å². The summed E-state index contributed by atoms with van der Waals surface area (Å²) in [6, 6.07) is 6.95. The molecule has 0 atom stereocenters. The van der Waals surface area contributed by atoms with Gasteiger partial charge in [0.2, 0.25) is 0 Å². The molecule has 0 unspecified atom stereocenters. The average molecular weight is 729 g/mol. The number of benzene rings is 1. The van der Waals surface area contributed by atoms with Crippen LogP contribution in [0.5, 0.6) is 5.75 Å². The van der Waals surface area contributed by atoms with Crippen molar-refractivity contribution in [3.8, 4) is 5.75 Å². The lowest BCUT2D eigenvalue weighted by molar-refractivity contribution is -0.0254. The molecule has 0 saturated carbocycles. The van der Waals surface area contributed by atoms with E-state index in [1.54, 1.807) is 24.3 Å². The van der Waals surface area contributed by atoms with E-state index in [1.165, 1.54) is 23.7 Å². The molecular formula is C31H53IO11. The van der Waals surface area contributed by atoms with Crippen LogP contribution < -0.4 is 4.74 Å². The first-order valence-corrected chi connectivity index (χ1v) is 16.8. The summed E-state index contributed by atoms with van der Waals surface area (Å²) < 4.78 is 56.1. The number of hydrogen-bond acceptors (Lipinski definition) is 11. The van der Waals surface area contributed by atoms with E-state index in [1.807, 2.05) is 0 Å². The lowest BCUT2D eigenvalue weighted by Crippen LogP contribution is -2.15. The van der Waals surface area contributed by atoms with E-state index in [0.717, 1.165) is 19.3 Å². The Morgan fingerprint density at radius 3 is 1.09 bits per heavy atom. The van der Waals surface area contributed by atoms with Gasteiger partial charge in [-0.15, -0.1) is 0 Å². The molecule has 0 heterocycles. The van der Waals surface area contributed by atoms with Crippen molar-refractivity contribution in [2.24, 2.45) is 0 Å². The summed E-state index contributed by atoms with van der Waals surface area (Å²) in [6.45, 7) is 10.2. The van der Waals surface area contributed by atoms with Crippen molar-refractivity contribution in [3.05, 3.63) is 29.8 Å². The Labute approximate surface area is 271 Å². The van der Waals surface area contributed by atoms with Crippen LogP contribution >= 0.6 is 22.6 Å². The molecule has 0 amide bonds. The van der Waals surface area contributed by atoms with Gasteiger partial charge in [-0.3, -0.25) is 4.79 Å². The fraction of sp³-hybridized carbons (Fsp3) is 0.774. The molecule has 0 radical (unpaired) electrons. The van der Waals surface area contributed by atoms with Crippen molar-refractivity contribution in [3.63, 3.8) is 0 Å². The van der Waals surface area contributed by atoms with Gasteiger partial charge in [-0.25, -0.2) is 0 Å². The first-order valence-electron chi connectivity index (χ1n) is 15.3. The van der Waals surface area contributed by atoms with E-state index in [9.17, 15) is 4.79 Å². The summed E-state index contributed by atoms with van der Waals surface area (Å²) in [7, 11) is 0. The van der Waals surface area contributed by atoms with Crippen LogP contribution in [0.25, 0.3) is 0 Å². The molecule has 1 aromatic rings. The van der Waals surface area contributed by atoms with E-state index >= 15 is 0 Å². The SMILES string of the molecule is O=Cc1ccc(OCCOCCOCCOCCOCCOCCOCCOCCOCCOCCCCCCI)cc1. The number of halogens is 1. The summed E-state index contributed by atoms with van der Waals surface area (Å²) in [5.74, 6) is 0.708. The van der Waals surface area contributed by atoms with Gasteiger partial charge in [0.25, 0.3) is 0 Å². The minimum atomic E-state index is 0.436. The summed E-state index contributed by atoms with van der Waals surface area (Å²) in [5.41, 5.74) is 0.621. The van der Waals surface area contributed by atoms with Gasteiger partial charge in [0, 0.05) is 12.2 Å². The number of unbranched alkanes of at least 4 members (excludes halogenated alkanes) is 3. The maximum absolute atomic E-state index is 10.6. The first kappa shape index (κ1) is 40.1. The molecule has 1 rings (SSSR count). The van der Waals surface area contributed by atoms with Gasteiger partial charge in [0.15, 0.2) is 0 Å². The molecule has 0 fully saturated rings. The summed E-state index contributed by atoms with van der Waals surface area (Å²) in [5, 5.41) is 0. The van der Waals surface area contributed by atoms with Gasteiger partial charge in [-0.1, -0.05) is 35.4 Å². The largest absolute Gasteiger partial charge is 0.491 e. The van der Waals surface area contributed by atoms with Gasteiger partial charge >= 0.3 is 0 Å². The van der Waals surface area contributed by atoms with E-state index in [4.69, 9.17) is 47.4 Å². The normalized spacial score (nSPS) is 11.3. The Bertz CT molecular complexity index is 697. The Hall–Kier alpha value is -0.940. The zero-order chi connectivity index (χ0) is 30.7. The van der Waals surface area contributed by atoms with Crippen LogP contribution in [0.4, 0.5) is 0 Å². The molecule has 11 nitrogen and oxygen atoms in total. The highest BCUT2D eigenvalue weighted by molar-refractivity contribution is 14.1. The highest BCUT2D eigenvalue weighted by Crippen LogP contribution is 2.10. The molecule has 0 bridgehead atoms. The summed E-state index contributed by atoms with van der Waals surface area (Å²) >= 11 is 2.42. The third-order valence-corrected chi connectivity index (χ3v) is 6.42. The van der Waals surface area contributed by atoms with E-state index < -0.39 is 0 Å². The van der Waals surface area contributed by atoms with Gasteiger partial charge < -0.3 is 47.4 Å². The van der Waals surface area contributed by atoms with Crippen molar-refractivity contribution in [2.75, 3.05) is 130 Å². The van der Waals surface area contributed by atoms with Crippen LogP contribution in [-0.4, -0.2) is 136 Å². The monoisotopic (exact) mass is 728 g/mol. The number of ether oxygens (including phenoxy) is 10. The first-order chi connectivity index (χ1) is 21.4. The maximum atomic E-state index is 10.6. The Balaban J connectivity index is 1.64. The molecule has 0 spiro atoms. The van der Waals surface area contributed by atoms with Crippen LogP contribution in [0, 0.1) is 0 Å². The fourth-order valence-electron chi connectivity index (χ4n) is 3.37. The quantitative estimate of drug-likeness (QED) is 0.0438. The standard InChI is InChI=1S/C31H53IO11/c32-9-3-1-2-4-10-34-11-12-35-13-14-36-15-16-37-17-18-38-19-20-39-21-22-40-23-24-41-25-26-42-27-28-43-31-7-5-30(29-33)6-8-31/h5-8,29H,1-4,9-28H2. The molecule has 0 aromatic heterocycles. The zero-order valence-electron chi connectivity index (χ0n) is 25.7. The minimum Gasteiger partial charge on any atom is -0.491 e. The molecule has 12 heteroatoms. The van der Waals surface area contributed by atoms with Crippen LogP contribution in [0.3, 0.4) is 0 Å². The zero-order valence-corrected chi connectivity index (χ0v) is 27.9. The smallest absolute Gasteiger partial charge is 0.150 e. The van der Waals surface area contributed by atoms with Crippen LogP contribution in [0.15, 0.2) is 24.3 Å². The third kappa shape index (κ3) is 29.5. The Morgan fingerprint density at radius 2 is 0.744 bits per heavy atom. The molecule has 0 aliphatic heterocycles. The highest BCUT2D eigenvalue weighted by atomic mass is 127. The van der Waals surface area contributed by atoms with Crippen molar-refractivity contribution >= 4 is 28.9 Å². The second-order valence-electron chi connectivity index (χ2n) is 9.15. The molecule has 250 valence electrons. The van der Waals surface area contributed by atoms with E-state index in [2.05, 4.69) is 22.6 Å². The molecule has 0 N–H and O–H groups in total. The predicted octanol–water partition coefficient (Wildman–Crippen LogP) is 4.02. The Kier molecular flexibility index (Phi) is 31.6. The number of carbonyl (C=O) groups excluding carboxylic acids is 1. The predicted molar refractivity (Wildman–Crippen MR) is 172 cm³/mol. The van der Waals surface area contributed by atoms with Gasteiger partial charge in [0.05, 0.1) is 112 Å². The second kappa shape index (κ2) is 33.9. The van der Waals surface area contributed by atoms with Crippen molar-refractivity contribution in [1.82, 2.24) is 0 Å². The van der Waals surface area contributed by atoms with Crippen LogP contribution in [-0.2, 0) is 42.6 Å². The minimum absolute atomic E-state index is 0.436. The number of hydrogen-bond donors (Lipinski definition) is 0. The number of rotatable bonds is 35. The molecule has 0 aliphatic carbocycles. The third-order valence-electron chi connectivity index (χ3n) is 5.66. The summed E-state index contributed by atoms with van der Waals surface area (Å²) in [4.78, 5) is 10.6. The lowest BCUT2D eigenvalue weighted by Gasteiger charge is -2.09. The van der Waals surface area contributed by atoms with Gasteiger partial charge in [-0.2, -0.15) is 0 Å². The van der Waals surface area contributed by atoms with Crippen molar-refractivity contribution < 1.29 is 52.2 Å².